The van der Waals surface area contributed by atoms with E-state index in [1.165, 1.54) is 38.2 Å². The third-order valence-corrected chi connectivity index (χ3v) is 6.22. The van der Waals surface area contributed by atoms with Crippen LogP contribution >= 0.6 is 0 Å². The monoisotopic (exact) mass is 414 g/mol. The lowest BCUT2D eigenvalue weighted by molar-refractivity contribution is -0.145. The molecule has 0 spiro atoms. The molecule has 7 nitrogen and oxygen atoms in total. The van der Waals surface area contributed by atoms with E-state index in [0.717, 1.165) is 4.31 Å². The number of hydrogen-bond donors (Lipinski definition) is 0. The van der Waals surface area contributed by atoms with Gasteiger partial charge in [-0.05, 0) is 31.5 Å². The highest BCUT2D eigenvalue weighted by Crippen LogP contribution is 2.16. The van der Waals surface area contributed by atoms with Crippen molar-refractivity contribution in [1.29, 1.82) is 5.26 Å². The Hall–Kier alpha value is -3.02. The Bertz CT molecular complexity index is 1020. The van der Waals surface area contributed by atoms with Crippen molar-refractivity contribution in [2.75, 3.05) is 13.6 Å². The fraction of sp³-hybridized carbons (Fsp3) is 0.286. The van der Waals surface area contributed by atoms with Crippen LogP contribution in [0.25, 0.3) is 0 Å². The number of nitrogens with zero attached hydrogens (tertiary/aromatic N) is 2. The number of carbonyl (C=O) groups is 2. The van der Waals surface area contributed by atoms with Crippen molar-refractivity contribution in [3.63, 3.8) is 0 Å². The maximum Gasteiger partial charge on any atom is 0.306 e. The SMILES string of the molecule is CC(=O)c1ccc(S(=O)(=O)N(C)CCCC(=O)OCc2ccccc2C#N)cc1. The molecule has 2 rings (SSSR count). The molecule has 0 aromatic heterocycles. The molecule has 0 saturated carbocycles. The first-order valence-corrected chi connectivity index (χ1v) is 10.4. The lowest BCUT2D eigenvalue weighted by Crippen LogP contribution is -2.28. The summed E-state index contributed by atoms with van der Waals surface area (Å²) in [6.45, 7) is 1.55. The molecule has 8 heteroatoms. The van der Waals surface area contributed by atoms with Gasteiger partial charge in [0.05, 0.1) is 16.5 Å². The summed E-state index contributed by atoms with van der Waals surface area (Å²) in [5, 5.41) is 9.03. The van der Waals surface area contributed by atoms with Gasteiger partial charge in [-0.25, -0.2) is 12.7 Å². The Kier molecular flexibility index (Phi) is 7.65. The van der Waals surface area contributed by atoms with Gasteiger partial charge in [-0.1, -0.05) is 30.3 Å². The predicted molar refractivity (Wildman–Crippen MR) is 106 cm³/mol. The topological polar surface area (TPSA) is 105 Å². The van der Waals surface area contributed by atoms with Gasteiger partial charge in [0, 0.05) is 31.1 Å². The second kappa shape index (κ2) is 9.96. The van der Waals surface area contributed by atoms with Crippen molar-refractivity contribution >= 4 is 21.8 Å². The largest absolute Gasteiger partial charge is 0.461 e. The molecule has 0 aliphatic carbocycles. The number of hydrogen-bond acceptors (Lipinski definition) is 6. The molecular weight excluding hydrogens is 392 g/mol. The molecule has 0 fully saturated rings. The fourth-order valence-corrected chi connectivity index (χ4v) is 3.80. The number of sulfonamides is 1. The summed E-state index contributed by atoms with van der Waals surface area (Å²) < 4.78 is 31.5. The molecule has 0 atom stereocenters. The van der Waals surface area contributed by atoms with Crippen LogP contribution in [-0.2, 0) is 26.2 Å². The van der Waals surface area contributed by atoms with Crippen molar-refractivity contribution in [3.05, 3.63) is 65.2 Å². The van der Waals surface area contributed by atoms with Gasteiger partial charge in [-0.3, -0.25) is 9.59 Å². The Morgan fingerprint density at radius 1 is 1.10 bits per heavy atom. The zero-order valence-corrected chi connectivity index (χ0v) is 17.1. The average molecular weight is 414 g/mol. The summed E-state index contributed by atoms with van der Waals surface area (Å²) in [5.41, 5.74) is 1.51. The summed E-state index contributed by atoms with van der Waals surface area (Å²) >= 11 is 0. The summed E-state index contributed by atoms with van der Waals surface area (Å²) in [5.74, 6) is -0.604. The zero-order chi connectivity index (χ0) is 21.4. The molecule has 0 aliphatic rings. The quantitative estimate of drug-likeness (QED) is 0.461. The third kappa shape index (κ3) is 5.98. The first-order valence-electron chi connectivity index (χ1n) is 8.96. The van der Waals surface area contributed by atoms with Crippen LogP contribution in [0.1, 0.15) is 41.3 Å². The van der Waals surface area contributed by atoms with Gasteiger partial charge in [0.1, 0.15) is 6.61 Å². The van der Waals surface area contributed by atoms with E-state index in [1.54, 1.807) is 24.3 Å². The molecule has 2 aromatic rings. The van der Waals surface area contributed by atoms with Crippen molar-refractivity contribution in [2.24, 2.45) is 0 Å². The van der Waals surface area contributed by atoms with Crippen molar-refractivity contribution in [1.82, 2.24) is 4.31 Å². The van der Waals surface area contributed by atoms with Gasteiger partial charge < -0.3 is 4.74 Å². The first kappa shape index (κ1) is 22.3. The number of ketones is 1. The number of nitriles is 1. The van der Waals surface area contributed by atoms with Crippen LogP contribution in [0.5, 0.6) is 0 Å². The van der Waals surface area contributed by atoms with E-state index in [4.69, 9.17) is 10.00 Å². The highest BCUT2D eigenvalue weighted by Gasteiger charge is 2.21. The maximum atomic E-state index is 12.6. The number of ether oxygens (including phenoxy) is 1. The van der Waals surface area contributed by atoms with Gasteiger partial charge in [0.2, 0.25) is 10.0 Å². The number of carbonyl (C=O) groups excluding carboxylic acids is 2. The van der Waals surface area contributed by atoms with Gasteiger partial charge >= 0.3 is 5.97 Å². The number of benzene rings is 2. The van der Waals surface area contributed by atoms with E-state index in [9.17, 15) is 18.0 Å². The lowest BCUT2D eigenvalue weighted by atomic mass is 10.1. The zero-order valence-electron chi connectivity index (χ0n) is 16.3. The first-order chi connectivity index (χ1) is 13.8. The average Bonchev–Trinajstić information content (AvgIpc) is 2.72. The van der Waals surface area contributed by atoms with Crippen LogP contribution in [0.3, 0.4) is 0 Å². The maximum absolute atomic E-state index is 12.6. The van der Waals surface area contributed by atoms with Gasteiger partial charge in [-0.15, -0.1) is 0 Å². The van der Waals surface area contributed by atoms with E-state index >= 15 is 0 Å². The van der Waals surface area contributed by atoms with E-state index < -0.39 is 16.0 Å². The number of Topliss-reactive ketones (excluding diaryl/α,β-unsaturated/α-hetero) is 1. The van der Waals surface area contributed by atoms with Gasteiger partial charge in [0.25, 0.3) is 0 Å². The van der Waals surface area contributed by atoms with E-state index in [-0.39, 0.29) is 30.3 Å². The minimum atomic E-state index is -3.71. The minimum Gasteiger partial charge on any atom is -0.461 e. The second-order valence-electron chi connectivity index (χ2n) is 6.44. The molecule has 0 saturated heterocycles. The molecule has 0 amide bonds. The molecular formula is C21H22N2O5S. The Labute approximate surface area is 170 Å². The molecule has 0 aliphatic heterocycles. The van der Waals surface area contributed by atoms with Crippen LogP contribution in [-0.4, -0.2) is 38.1 Å². The number of esters is 1. The van der Waals surface area contributed by atoms with Crippen molar-refractivity contribution < 1.29 is 22.7 Å². The van der Waals surface area contributed by atoms with Crippen LogP contribution in [0, 0.1) is 11.3 Å². The Morgan fingerprint density at radius 3 is 2.38 bits per heavy atom. The third-order valence-electron chi connectivity index (χ3n) is 4.35. The van der Waals surface area contributed by atoms with Crippen molar-refractivity contribution in [2.45, 2.75) is 31.3 Å². The smallest absolute Gasteiger partial charge is 0.306 e. The molecule has 0 unspecified atom stereocenters. The molecule has 29 heavy (non-hydrogen) atoms. The van der Waals surface area contributed by atoms with E-state index in [1.807, 2.05) is 6.07 Å². The number of rotatable bonds is 9. The Morgan fingerprint density at radius 2 is 1.76 bits per heavy atom. The van der Waals surface area contributed by atoms with Crippen LogP contribution < -0.4 is 0 Å². The normalized spacial score (nSPS) is 11.1. The van der Waals surface area contributed by atoms with Gasteiger partial charge in [-0.2, -0.15) is 5.26 Å². The predicted octanol–water partition coefficient (Wildman–Crippen LogP) is 2.90. The van der Waals surface area contributed by atoms with Crippen LogP contribution in [0.4, 0.5) is 0 Å². The van der Waals surface area contributed by atoms with Crippen LogP contribution in [0.15, 0.2) is 53.4 Å². The molecule has 0 radical (unpaired) electrons. The second-order valence-corrected chi connectivity index (χ2v) is 8.49. The standard InChI is InChI=1S/C21H22N2O5S/c1-16(24)17-9-11-20(12-10-17)29(26,27)23(2)13-5-8-21(25)28-15-19-7-4-3-6-18(19)14-22/h3-4,6-7,9-12H,5,8,13,15H2,1-2H3. The fourth-order valence-electron chi connectivity index (χ4n) is 2.59. The summed E-state index contributed by atoms with van der Waals surface area (Å²) in [6.07, 6.45) is 0.345. The molecule has 0 bridgehead atoms. The van der Waals surface area contributed by atoms with E-state index in [0.29, 0.717) is 23.1 Å². The van der Waals surface area contributed by atoms with Gasteiger partial charge in [0.15, 0.2) is 5.78 Å². The molecule has 0 N–H and O–H groups in total. The highest BCUT2D eigenvalue weighted by atomic mass is 32.2. The summed E-state index contributed by atoms with van der Waals surface area (Å²) in [7, 11) is -2.28. The highest BCUT2D eigenvalue weighted by molar-refractivity contribution is 7.89. The summed E-state index contributed by atoms with van der Waals surface area (Å²) in [6, 6.07) is 14.6. The molecule has 152 valence electrons. The van der Waals surface area contributed by atoms with Crippen LogP contribution in [0.2, 0.25) is 0 Å². The minimum absolute atomic E-state index is 0.000792. The van der Waals surface area contributed by atoms with E-state index in [2.05, 4.69) is 0 Å². The Balaban J connectivity index is 1.85. The molecule has 2 aromatic carbocycles. The lowest BCUT2D eigenvalue weighted by Gasteiger charge is -2.17. The van der Waals surface area contributed by atoms with Crippen molar-refractivity contribution in [3.8, 4) is 6.07 Å². The summed E-state index contributed by atoms with van der Waals surface area (Å²) in [4.78, 5) is 23.3. The molecule has 0 heterocycles.